The van der Waals surface area contributed by atoms with Crippen molar-refractivity contribution < 1.29 is 14.6 Å². The molecule has 1 heterocycles. The van der Waals surface area contributed by atoms with Crippen molar-refractivity contribution in [1.29, 1.82) is 0 Å². The highest BCUT2D eigenvalue weighted by Crippen LogP contribution is 2.26. The van der Waals surface area contributed by atoms with Gasteiger partial charge in [-0.2, -0.15) is 4.98 Å². The molecule has 0 fully saturated rings. The molecule has 0 aliphatic carbocycles. The van der Waals surface area contributed by atoms with Crippen molar-refractivity contribution in [2.75, 3.05) is 18.2 Å². The van der Waals surface area contributed by atoms with E-state index in [0.717, 1.165) is 29.1 Å². The van der Waals surface area contributed by atoms with E-state index in [0.29, 0.717) is 11.4 Å². The molecule has 0 spiro atoms. The summed E-state index contributed by atoms with van der Waals surface area (Å²) in [6, 6.07) is 15.4. The molecule has 3 aromatic rings. The lowest BCUT2D eigenvalue weighted by Crippen LogP contribution is -2.22. The second-order valence-corrected chi connectivity index (χ2v) is 6.84. The van der Waals surface area contributed by atoms with E-state index in [1.54, 1.807) is 24.3 Å². The highest BCUT2D eigenvalue weighted by molar-refractivity contribution is 7.99. The van der Waals surface area contributed by atoms with Gasteiger partial charge < -0.3 is 15.2 Å². The van der Waals surface area contributed by atoms with Crippen LogP contribution >= 0.6 is 11.8 Å². The number of ether oxygens (including phenoxy) is 1. The quantitative estimate of drug-likeness (QED) is 0.491. The van der Waals surface area contributed by atoms with E-state index in [1.807, 2.05) is 31.2 Å². The van der Waals surface area contributed by atoms with Gasteiger partial charge in [-0.1, -0.05) is 42.1 Å². The zero-order valence-corrected chi connectivity index (χ0v) is 16.2. The van der Waals surface area contributed by atoms with Gasteiger partial charge in [0.2, 0.25) is 11.8 Å². The zero-order valence-electron chi connectivity index (χ0n) is 15.4. The standard InChI is InChI=1S/C20H19N3O4S/c1-13-7-3-4-8-14(13)21-18(25)12-28-20-22-17(24)11-19(26)23(20)15-9-5-6-10-16(15)27-2/h3-11,24H,12H2,1-2H3,(H,21,25). The first-order chi connectivity index (χ1) is 13.5. The fourth-order valence-corrected chi connectivity index (χ4v) is 3.42. The van der Waals surface area contributed by atoms with Gasteiger partial charge in [-0.15, -0.1) is 0 Å². The molecule has 0 aliphatic rings. The van der Waals surface area contributed by atoms with Crippen LogP contribution in [0.3, 0.4) is 0 Å². The number of aromatic nitrogens is 2. The van der Waals surface area contributed by atoms with E-state index in [-0.39, 0.29) is 16.8 Å². The Bertz CT molecular complexity index is 1070. The number of anilines is 1. The number of carbonyl (C=O) groups is 1. The first-order valence-electron chi connectivity index (χ1n) is 8.44. The predicted octanol–water partition coefficient (Wildman–Crippen LogP) is 2.99. The molecule has 0 saturated heterocycles. The smallest absolute Gasteiger partial charge is 0.262 e. The Hall–Kier alpha value is -3.26. The van der Waals surface area contributed by atoms with Gasteiger partial charge in [-0.3, -0.25) is 14.2 Å². The minimum Gasteiger partial charge on any atom is -0.495 e. The Labute approximate surface area is 166 Å². The highest BCUT2D eigenvalue weighted by Gasteiger charge is 2.16. The van der Waals surface area contributed by atoms with Crippen molar-refractivity contribution in [3.63, 3.8) is 0 Å². The number of aryl methyl sites for hydroxylation is 1. The monoisotopic (exact) mass is 397 g/mol. The molecule has 8 heteroatoms. The van der Waals surface area contributed by atoms with Gasteiger partial charge in [-0.05, 0) is 30.7 Å². The molecule has 3 rings (SSSR count). The molecule has 2 N–H and O–H groups in total. The van der Waals surface area contributed by atoms with Crippen LogP contribution in [0, 0.1) is 6.92 Å². The molecule has 0 bridgehead atoms. The third-order valence-corrected chi connectivity index (χ3v) is 4.89. The summed E-state index contributed by atoms with van der Waals surface area (Å²) in [5.74, 6) is -0.163. The Morgan fingerprint density at radius 1 is 1.21 bits per heavy atom. The zero-order chi connectivity index (χ0) is 20.1. The lowest BCUT2D eigenvalue weighted by atomic mass is 10.2. The second kappa shape index (κ2) is 8.62. The van der Waals surface area contributed by atoms with Crippen molar-refractivity contribution in [2.45, 2.75) is 12.1 Å². The number of para-hydroxylation sites is 3. The van der Waals surface area contributed by atoms with Crippen molar-refractivity contribution in [3.8, 4) is 17.3 Å². The Balaban J connectivity index is 1.87. The molecule has 7 nitrogen and oxygen atoms in total. The SMILES string of the molecule is COc1ccccc1-n1c(SCC(=O)Nc2ccccc2C)nc(O)cc1=O. The lowest BCUT2D eigenvalue weighted by molar-refractivity contribution is -0.113. The third kappa shape index (κ3) is 4.34. The normalized spacial score (nSPS) is 10.5. The van der Waals surface area contributed by atoms with Crippen LogP contribution in [0.15, 0.2) is 64.5 Å². The molecule has 0 unspecified atom stereocenters. The lowest BCUT2D eigenvalue weighted by Gasteiger charge is -2.14. The van der Waals surface area contributed by atoms with E-state index in [4.69, 9.17) is 4.74 Å². The van der Waals surface area contributed by atoms with Crippen molar-refractivity contribution in [1.82, 2.24) is 9.55 Å². The van der Waals surface area contributed by atoms with E-state index in [9.17, 15) is 14.7 Å². The number of hydrogen-bond acceptors (Lipinski definition) is 6. The van der Waals surface area contributed by atoms with Crippen LogP contribution in [0.1, 0.15) is 5.56 Å². The minimum atomic E-state index is -0.473. The molecule has 144 valence electrons. The summed E-state index contributed by atoms with van der Waals surface area (Å²) in [5, 5.41) is 12.8. The third-order valence-electron chi connectivity index (χ3n) is 3.95. The fourth-order valence-electron chi connectivity index (χ4n) is 2.61. The van der Waals surface area contributed by atoms with Crippen LogP contribution in [0.5, 0.6) is 11.6 Å². The molecular formula is C20H19N3O4S. The average Bonchev–Trinajstić information content (AvgIpc) is 2.68. The van der Waals surface area contributed by atoms with Crippen LogP contribution in [0.4, 0.5) is 5.69 Å². The van der Waals surface area contributed by atoms with Gasteiger partial charge in [0.25, 0.3) is 5.56 Å². The van der Waals surface area contributed by atoms with Gasteiger partial charge in [0.05, 0.1) is 24.6 Å². The predicted molar refractivity (Wildman–Crippen MR) is 109 cm³/mol. The number of rotatable bonds is 6. The number of thioether (sulfide) groups is 1. The van der Waals surface area contributed by atoms with Gasteiger partial charge in [-0.25, -0.2) is 0 Å². The van der Waals surface area contributed by atoms with Crippen LogP contribution < -0.4 is 15.6 Å². The van der Waals surface area contributed by atoms with Crippen LogP contribution in [0.25, 0.3) is 5.69 Å². The first-order valence-corrected chi connectivity index (χ1v) is 9.43. The number of carbonyl (C=O) groups excluding carboxylic acids is 1. The number of methoxy groups -OCH3 is 1. The van der Waals surface area contributed by atoms with Crippen molar-refractivity contribution >= 4 is 23.4 Å². The average molecular weight is 397 g/mol. The summed E-state index contributed by atoms with van der Waals surface area (Å²) in [5.41, 5.74) is 1.67. The van der Waals surface area contributed by atoms with Gasteiger partial charge in [0.15, 0.2) is 5.16 Å². The molecule has 2 aromatic carbocycles. The summed E-state index contributed by atoms with van der Waals surface area (Å²) in [4.78, 5) is 28.9. The van der Waals surface area contributed by atoms with E-state index >= 15 is 0 Å². The Kier molecular flexibility index (Phi) is 6.00. The van der Waals surface area contributed by atoms with Crippen LogP contribution in [-0.2, 0) is 4.79 Å². The largest absolute Gasteiger partial charge is 0.495 e. The Morgan fingerprint density at radius 2 is 1.93 bits per heavy atom. The summed E-state index contributed by atoms with van der Waals surface area (Å²) < 4.78 is 6.63. The fraction of sp³-hybridized carbons (Fsp3) is 0.150. The van der Waals surface area contributed by atoms with E-state index < -0.39 is 11.4 Å². The topological polar surface area (TPSA) is 93.4 Å². The highest BCUT2D eigenvalue weighted by atomic mass is 32.2. The van der Waals surface area contributed by atoms with Crippen molar-refractivity contribution in [2.24, 2.45) is 0 Å². The van der Waals surface area contributed by atoms with Crippen molar-refractivity contribution in [3.05, 3.63) is 70.5 Å². The molecule has 0 aliphatic heterocycles. The molecule has 0 atom stereocenters. The molecule has 1 aromatic heterocycles. The van der Waals surface area contributed by atoms with E-state index in [1.165, 1.54) is 11.7 Å². The summed E-state index contributed by atoms with van der Waals surface area (Å²) in [7, 11) is 1.50. The number of nitrogens with one attached hydrogen (secondary N) is 1. The summed E-state index contributed by atoms with van der Waals surface area (Å²) in [6.07, 6.45) is 0. The van der Waals surface area contributed by atoms with Crippen LogP contribution in [0.2, 0.25) is 0 Å². The number of hydrogen-bond donors (Lipinski definition) is 2. The number of nitrogens with zero attached hydrogens (tertiary/aromatic N) is 2. The number of amides is 1. The maximum Gasteiger partial charge on any atom is 0.262 e. The molecule has 28 heavy (non-hydrogen) atoms. The minimum absolute atomic E-state index is 0.0133. The molecule has 0 saturated carbocycles. The van der Waals surface area contributed by atoms with Crippen LogP contribution in [-0.4, -0.2) is 33.4 Å². The van der Waals surface area contributed by atoms with Gasteiger partial charge >= 0.3 is 0 Å². The molecule has 0 radical (unpaired) electrons. The number of aromatic hydroxyl groups is 1. The van der Waals surface area contributed by atoms with Gasteiger partial charge in [0, 0.05) is 5.69 Å². The maximum atomic E-state index is 12.5. The maximum absolute atomic E-state index is 12.5. The molecular weight excluding hydrogens is 378 g/mol. The van der Waals surface area contributed by atoms with E-state index in [2.05, 4.69) is 10.3 Å². The second-order valence-electron chi connectivity index (χ2n) is 5.89. The van der Waals surface area contributed by atoms with Gasteiger partial charge in [0.1, 0.15) is 5.75 Å². The first kappa shape index (κ1) is 19.5. The number of benzene rings is 2. The summed E-state index contributed by atoms with van der Waals surface area (Å²) in [6.45, 7) is 1.90. The Morgan fingerprint density at radius 3 is 2.68 bits per heavy atom. The summed E-state index contributed by atoms with van der Waals surface area (Å²) >= 11 is 1.05. The molecule has 1 amide bonds.